The third-order valence-corrected chi connectivity index (χ3v) is 3.59. The highest BCUT2D eigenvalue weighted by Gasteiger charge is 2.44. The summed E-state index contributed by atoms with van der Waals surface area (Å²) in [5, 5.41) is 13.5. The van der Waals surface area contributed by atoms with Gasteiger partial charge in [-0.2, -0.15) is 0 Å². The van der Waals surface area contributed by atoms with Gasteiger partial charge in [-0.3, -0.25) is 4.79 Å². The summed E-state index contributed by atoms with van der Waals surface area (Å²) in [6.45, 7) is -0.0830. The molecule has 0 unspecified atom stereocenters. The lowest BCUT2D eigenvalue weighted by Crippen LogP contribution is -2.48. The first-order valence-corrected chi connectivity index (χ1v) is 6.27. The van der Waals surface area contributed by atoms with E-state index in [0.717, 1.165) is 6.42 Å². The molecule has 2 amide bonds. The van der Waals surface area contributed by atoms with Gasteiger partial charge >= 0.3 is 12.0 Å². The normalized spacial score (nSPS) is 16.0. The van der Waals surface area contributed by atoms with Crippen molar-refractivity contribution >= 4 is 17.7 Å². The van der Waals surface area contributed by atoms with Gasteiger partial charge in [0, 0.05) is 24.4 Å². The lowest BCUT2D eigenvalue weighted by molar-refractivity contribution is -0.153. The van der Waals surface area contributed by atoms with Gasteiger partial charge in [-0.1, -0.05) is 6.42 Å². The van der Waals surface area contributed by atoms with Crippen LogP contribution in [0.1, 0.15) is 19.3 Å². The molecule has 0 bridgehead atoms. The number of rotatable bonds is 4. The number of nitrogens with one attached hydrogen (secondary N) is 2. The Morgan fingerprint density at radius 2 is 1.76 bits per heavy atom. The quantitative estimate of drug-likeness (QED) is 0.748. The number of urea groups is 1. The summed E-state index contributed by atoms with van der Waals surface area (Å²) in [5.74, 6) is -5.47. The molecule has 2 rings (SSSR count). The summed E-state index contributed by atoms with van der Waals surface area (Å²) >= 11 is 0. The van der Waals surface area contributed by atoms with Gasteiger partial charge < -0.3 is 15.7 Å². The number of benzene rings is 1. The number of anilines is 1. The Balaban J connectivity index is 1.95. The Kier molecular flexibility index (Phi) is 4.06. The number of carboxylic acids is 1. The second-order valence-electron chi connectivity index (χ2n) is 5.00. The zero-order chi connectivity index (χ0) is 15.6. The number of hydrogen-bond acceptors (Lipinski definition) is 2. The largest absolute Gasteiger partial charge is 0.481 e. The van der Waals surface area contributed by atoms with Crippen molar-refractivity contribution in [2.75, 3.05) is 11.9 Å². The third kappa shape index (κ3) is 3.09. The molecule has 1 aromatic rings. The first-order chi connectivity index (χ1) is 9.84. The Morgan fingerprint density at radius 1 is 1.19 bits per heavy atom. The summed E-state index contributed by atoms with van der Waals surface area (Å²) in [7, 11) is 0. The molecule has 1 fully saturated rings. The van der Waals surface area contributed by atoms with E-state index in [-0.39, 0.29) is 12.2 Å². The molecule has 0 aliphatic heterocycles. The van der Waals surface area contributed by atoms with Crippen LogP contribution in [0.3, 0.4) is 0 Å². The zero-order valence-corrected chi connectivity index (χ0v) is 10.9. The third-order valence-electron chi connectivity index (χ3n) is 3.59. The topological polar surface area (TPSA) is 78.4 Å². The minimum Gasteiger partial charge on any atom is -0.481 e. The van der Waals surface area contributed by atoms with E-state index in [1.54, 1.807) is 0 Å². The molecule has 0 aromatic heterocycles. The minimum absolute atomic E-state index is 0.0830. The van der Waals surface area contributed by atoms with Gasteiger partial charge in [-0.25, -0.2) is 18.0 Å². The van der Waals surface area contributed by atoms with E-state index >= 15 is 0 Å². The van der Waals surface area contributed by atoms with Crippen LogP contribution in [-0.4, -0.2) is 23.7 Å². The summed E-state index contributed by atoms with van der Waals surface area (Å²) in [6.07, 6.45) is 1.69. The second kappa shape index (κ2) is 5.63. The van der Waals surface area contributed by atoms with E-state index in [2.05, 4.69) is 10.6 Å². The number of halogens is 3. The Morgan fingerprint density at radius 3 is 2.19 bits per heavy atom. The molecule has 0 heterocycles. The van der Waals surface area contributed by atoms with E-state index in [9.17, 15) is 22.8 Å². The van der Waals surface area contributed by atoms with Crippen LogP contribution < -0.4 is 10.6 Å². The number of aliphatic carboxylic acids is 1. The van der Waals surface area contributed by atoms with Crippen molar-refractivity contribution in [3.05, 3.63) is 29.6 Å². The first kappa shape index (κ1) is 15.1. The van der Waals surface area contributed by atoms with Gasteiger partial charge in [0.1, 0.15) is 0 Å². The van der Waals surface area contributed by atoms with Crippen molar-refractivity contribution in [2.45, 2.75) is 19.3 Å². The number of hydrogen-bond donors (Lipinski definition) is 3. The molecular formula is C13H13F3N2O3. The molecule has 5 nitrogen and oxygen atoms in total. The van der Waals surface area contributed by atoms with Gasteiger partial charge in [0.2, 0.25) is 0 Å². The fourth-order valence-corrected chi connectivity index (χ4v) is 2.12. The summed E-state index contributed by atoms with van der Waals surface area (Å²) in [4.78, 5) is 22.7. The highest BCUT2D eigenvalue weighted by atomic mass is 19.2. The molecule has 0 spiro atoms. The van der Waals surface area contributed by atoms with Crippen LogP contribution in [0.15, 0.2) is 12.1 Å². The maximum Gasteiger partial charge on any atom is 0.319 e. The van der Waals surface area contributed by atoms with Crippen LogP contribution in [-0.2, 0) is 4.79 Å². The zero-order valence-electron chi connectivity index (χ0n) is 10.9. The molecule has 1 aliphatic carbocycles. The molecule has 114 valence electrons. The molecule has 3 N–H and O–H groups in total. The SMILES string of the molecule is O=C(NCC1(C(=O)O)CCC1)Nc1cc(F)c(F)c(F)c1. The van der Waals surface area contributed by atoms with Gasteiger partial charge in [0.15, 0.2) is 17.5 Å². The van der Waals surface area contributed by atoms with Crippen LogP contribution in [0.2, 0.25) is 0 Å². The molecule has 0 radical (unpaired) electrons. The molecular weight excluding hydrogens is 289 g/mol. The fourth-order valence-electron chi connectivity index (χ4n) is 2.12. The Bertz CT molecular complexity index is 565. The Labute approximate surface area is 118 Å². The maximum atomic E-state index is 13.0. The first-order valence-electron chi connectivity index (χ1n) is 6.27. The average Bonchev–Trinajstić information content (AvgIpc) is 2.34. The highest BCUT2D eigenvalue weighted by molar-refractivity contribution is 5.89. The van der Waals surface area contributed by atoms with Crippen LogP contribution in [0.5, 0.6) is 0 Å². The summed E-state index contributed by atoms with van der Waals surface area (Å²) in [6, 6.07) is 0.454. The Hall–Kier alpha value is -2.25. The van der Waals surface area contributed by atoms with E-state index in [4.69, 9.17) is 5.11 Å². The van der Waals surface area contributed by atoms with E-state index in [0.29, 0.717) is 25.0 Å². The molecule has 0 atom stereocenters. The van der Waals surface area contributed by atoms with E-state index in [1.165, 1.54) is 0 Å². The van der Waals surface area contributed by atoms with Crippen molar-refractivity contribution < 1.29 is 27.9 Å². The van der Waals surface area contributed by atoms with Crippen molar-refractivity contribution in [3.8, 4) is 0 Å². The average molecular weight is 302 g/mol. The highest BCUT2D eigenvalue weighted by Crippen LogP contribution is 2.40. The number of carbonyl (C=O) groups excluding carboxylic acids is 1. The monoisotopic (exact) mass is 302 g/mol. The van der Waals surface area contributed by atoms with Crippen molar-refractivity contribution in [1.29, 1.82) is 0 Å². The molecule has 0 saturated heterocycles. The number of carbonyl (C=O) groups is 2. The summed E-state index contributed by atoms with van der Waals surface area (Å²) in [5.41, 5.74) is -1.24. The maximum absolute atomic E-state index is 13.0. The number of amides is 2. The molecule has 8 heteroatoms. The van der Waals surface area contributed by atoms with Gasteiger partial charge in [0.05, 0.1) is 5.41 Å². The smallest absolute Gasteiger partial charge is 0.319 e. The van der Waals surface area contributed by atoms with Crippen molar-refractivity contribution in [1.82, 2.24) is 5.32 Å². The molecule has 1 aromatic carbocycles. The van der Waals surface area contributed by atoms with E-state index in [1.807, 2.05) is 0 Å². The fraction of sp³-hybridized carbons (Fsp3) is 0.385. The van der Waals surface area contributed by atoms with Crippen LogP contribution >= 0.6 is 0 Å². The van der Waals surface area contributed by atoms with E-state index < -0.39 is 34.9 Å². The lowest BCUT2D eigenvalue weighted by atomic mass is 9.69. The summed E-state index contributed by atoms with van der Waals surface area (Å²) < 4.78 is 38.7. The predicted molar refractivity (Wildman–Crippen MR) is 67.3 cm³/mol. The lowest BCUT2D eigenvalue weighted by Gasteiger charge is -2.37. The standard InChI is InChI=1S/C13H13F3N2O3/c14-8-4-7(5-9(15)10(8)16)18-12(21)17-6-13(11(19)20)2-1-3-13/h4-5H,1-3,6H2,(H,19,20)(H2,17,18,21). The van der Waals surface area contributed by atoms with Crippen molar-refractivity contribution in [2.24, 2.45) is 5.41 Å². The molecule has 1 saturated carbocycles. The minimum atomic E-state index is -1.62. The van der Waals surface area contributed by atoms with Crippen LogP contribution in [0.25, 0.3) is 0 Å². The molecule has 21 heavy (non-hydrogen) atoms. The van der Waals surface area contributed by atoms with Gasteiger partial charge in [-0.05, 0) is 12.8 Å². The van der Waals surface area contributed by atoms with Crippen molar-refractivity contribution in [3.63, 3.8) is 0 Å². The van der Waals surface area contributed by atoms with Crippen LogP contribution in [0, 0.1) is 22.9 Å². The van der Waals surface area contributed by atoms with Gasteiger partial charge in [0.25, 0.3) is 0 Å². The van der Waals surface area contributed by atoms with Gasteiger partial charge in [-0.15, -0.1) is 0 Å². The second-order valence-corrected chi connectivity index (χ2v) is 5.00. The predicted octanol–water partition coefficient (Wildman–Crippen LogP) is 2.48. The molecule has 1 aliphatic rings. The number of carboxylic acid groups (broad SMARTS) is 1. The van der Waals surface area contributed by atoms with Crippen LogP contribution in [0.4, 0.5) is 23.7 Å².